The van der Waals surface area contributed by atoms with Gasteiger partial charge >= 0.3 is 12.1 Å². The number of hydrogen-bond donors (Lipinski definition) is 2. The number of rotatable bonds is 4. The number of ether oxygens (including phenoxy) is 1. The topological polar surface area (TPSA) is 75.6 Å². The molecule has 2 unspecified atom stereocenters. The van der Waals surface area contributed by atoms with Crippen LogP contribution in [0.5, 0.6) is 0 Å². The van der Waals surface area contributed by atoms with Crippen molar-refractivity contribution in [2.75, 3.05) is 6.61 Å². The van der Waals surface area contributed by atoms with Gasteiger partial charge in [0, 0.05) is 11.5 Å². The maximum absolute atomic E-state index is 12.7. The molecule has 2 saturated carbocycles. The molecule has 3 aliphatic carbocycles. The highest BCUT2D eigenvalue weighted by atomic mass is 16.5. The van der Waals surface area contributed by atoms with Gasteiger partial charge in [-0.25, -0.2) is 4.79 Å². The van der Waals surface area contributed by atoms with Crippen LogP contribution in [0.2, 0.25) is 0 Å². The van der Waals surface area contributed by atoms with Crippen molar-refractivity contribution in [3.8, 4) is 11.1 Å². The van der Waals surface area contributed by atoms with Crippen LogP contribution < -0.4 is 5.32 Å². The standard InChI is InChI=1S/C24H25NO4/c26-21(27)23-10-5-11-24(15-23,13-12-23)25-22(28)29-14-20-18-8-3-1-6-16(18)17-7-2-4-9-19(17)20/h1-4,6-9,20H,5,10-15H2,(H,25,28)(H,26,27). The number of benzene rings is 2. The van der Waals surface area contributed by atoms with Gasteiger partial charge in [-0.3, -0.25) is 4.79 Å². The van der Waals surface area contributed by atoms with Crippen molar-refractivity contribution in [2.24, 2.45) is 5.41 Å². The Morgan fingerprint density at radius 1 is 0.966 bits per heavy atom. The molecule has 2 aromatic carbocycles. The number of carboxylic acid groups (broad SMARTS) is 1. The summed E-state index contributed by atoms with van der Waals surface area (Å²) in [6.07, 6.45) is 3.78. The molecular formula is C24H25NO4. The molecule has 5 heteroatoms. The second kappa shape index (κ2) is 6.61. The zero-order valence-corrected chi connectivity index (χ0v) is 16.3. The number of amides is 1. The Bertz CT molecular complexity index is 941. The fourth-order valence-electron chi connectivity index (χ4n) is 5.80. The summed E-state index contributed by atoms with van der Waals surface area (Å²) >= 11 is 0. The second-order valence-electron chi connectivity index (χ2n) is 8.85. The number of carbonyl (C=O) groups excluding carboxylic acids is 1. The molecule has 2 bridgehead atoms. The molecule has 0 aromatic heterocycles. The molecule has 2 aromatic rings. The van der Waals surface area contributed by atoms with Gasteiger partial charge in [0.1, 0.15) is 6.61 Å². The SMILES string of the molecule is O=C(NC12CCCC(C(=O)O)(CC1)C2)OCC1c2ccccc2-c2ccccc21. The van der Waals surface area contributed by atoms with E-state index in [1.165, 1.54) is 22.3 Å². The van der Waals surface area contributed by atoms with Crippen molar-refractivity contribution in [3.63, 3.8) is 0 Å². The summed E-state index contributed by atoms with van der Waals surface area (Å²) in [6.45, 7) is 0.278. The van der Waals surface area contributed by atoms with E-state index in [-0.39, 0.29) is 12.5 Å². The van der Waals surface area contributed by atoms with Crippen molar-refractivity contribution in [3.05, 3.63) is 59.7 Å². The van der Waals surface area contributed by atoms with Crippen LogP contribution in [-0.2, 0) is 9.53 Å². The Kier molecular flexibility index (Phi) is 4.16. The molecule has 5 rings (SSSR count). The normalized spacial score (nSPS) is 27.2. The van der Waals surface area contributed by atoms with E-state index in [0.29, 0.717) is 25.7 Å². The van der Waals surface area contributed by atoms with Gasteiger partial charge in [0.05, 0.1) is 5.41 Å². The second-order valence-corrected chi connectivity index (χ2v) is 8.85. The lowest BCUT2D eigenvalue weighted by Gasteiger charge is -2.37. The molecule has 0 aliphatic heterocycles. The minimum Gasteiger partial charge on any atom is -0.481 e. The van der Waals surface area contributed by atoms with Crippen LogP contribution >= 0.6 is 0 Å². The highest BCUT2D eigenvalue weighted by Gasteiger charge is 2.55. The van der Waals surface area contributed by atoms with Gasteiger partial charge in [0.2, 0.25) is 0 Å². The molecule has 0 heterocycles. The predicted octanol–water partition coefficient (Wildman–Crippen LogP) is 4.70. The Balaban J connectivity index is 1.29. The maximum atomic E-state index is 12.7. The Morgan fingerprint density at radius 3 is 2.28 bits per heavy atom. The number of carbonyl (C=O) groups is 2. The lowest BCUT2D eigenvalue weighted by atomic mass is 9.73. The number of fused-ring (bicyclic) bond motifs is 5. The van der Waals surface area contributed by atoms with E-state index in [0.717, 1.165) is 12.8 Å². The van der Waals surface area contributed by atoms with Crippen LogP contribution in [0.1, 0.15) is 55.6 Å². The van der Waals surface area contributed by atoms with Crippen molar-refractivity contribution in [1.82, 2.24) is 5.32 Å². The first-order chi connectivity index (χ1) is 14.0. The lowest BCUT2D eigenvalue weighted by molar-refractivity contribution is -0.150. The molecule has 1 amide bonds. The summed E-state index contributed by atoms with van der Waals surface area (Å²) in [4.78, 5) is 24.4. The summed E-state index contributed by atoms with van der Waals surface area (Å²) in [7, 11) is 0. The van der Waals surface area contributed by atoms with Gasteiger partial charge in [0.15, 0.2) is 0 Å². The smallest absolute Gasteiger partial charge is 0.407 e. The minimum absolute atomic E-state index is 0.0266. The Morgan fingerprint density at radius 2 is 1.62 bits per heavy atom. The summed E-state index contributed by atoms with van der Waals surface area (Å²) in [6, 6.07) is 16.5. The molecule has 2 fully saturated rings. The van der Waals surface area contributed by atoms with Gasteiger partial charge in [-0.05, 0) is 60.8 Å². The van der Waals surface area contributed by atoms with Crippen LogP contribution in [0.25, 0.3) is 11.1 Å². The fourth-order valence-corrected chi connectivity index (χ4v) is 5.80. The minimum atomic E-state index is -0.728. The summed E-state index contributed by atoms with van der Waals surface area (Å²) in [5.41, 5.74) is 3.66. The average Bonchev–Trinajstić information content (AvgIpc) is 3.18. The maximum Gasteiger partial charge on any atom is 0.407 e. The zero-order valence-electron chi connectivity index (χ0n) is 16.3. The van der Waals surface area contributed by atoms with Crippen LogP contribution in [0.3, 0.4) is 0 Å². The third-order valence-electron chi connectivity index (χ3n) is 7.23. The molecule has 0 radical (unpaired) electrons. The number of aliphatic carboxylic acids is 1. The molecule has 5 nitrogen and oxygen atoms in total. The Hall–Kier alpha value is -2.82. The molecule has 150 valence electrons. The molecule has 0 spiro atoms. The van der Waals surface area contributed by atoms with E-state index >= 15 is 0 Å². The Labute approximate surface area is 170 Å². The summed E-state index contributed by atoms with van der Waals surface area (Å²) < 4.78 is 5.68. The van der Waals surface area contributed by atoms with E-state index < -0.39 is 23.0 Å². The van der Waals surface area contributed by atoms with E-state index in [1.807, 2.05) is 24.3 Å². The largest absolute Gasteiger partial charge is 0.481 e. The highest BCUT2D eigenvalue weighted by molar-refractivity contribution is 5.79. The third-order valence-corrected chi connectivity index (χ3v) is 7.23. The van der Waals surface area contributed by atoms with Gasteiger partial charge in [-0.1, -0.05) is 48.5 Å². The highest BCUT2D eigenvalue weighted by Crippen LogP contribution is 2.54. The number of carboxylic acids is 1. The zero-order chi connectivity index (χ0) is 20.1. The quantitative estimate of drug-likeness (QED) is 0.792. The molecule has 2 N–H and O–H groups in total. The van der Waals surface area contributed by atoms with Crippen LogP contribution in [0.4, 0.5) is 4.79 Å². The van der Waals surface area contributed by atoms with E-state index in [4.69, 9.17) is 4.74 Å². The summed E-state index contributed by atoms with van der Waals surface area (Å²) in [5.74, 6) is -0.702. The monoisotopic (exact) mass is 391 g/mol. The number of nitrogens with one attached hydrogen (secondary N) is 1. The van der Waals surface area contributed by atoms with Gasteiger partial charge in [0.25, 0.3) is 0 Å². The average molecular weight is 391 g/mol. The van der Waals surface area contributed by atoms with E-state index in [9.17, 15) is 14.7 Å². The first-order valence-electron chi connectivity index (χ1n) is 10.4. The van der Waals surface area contributed by atoms with E-state index in [2.05, 4.69) is 29.6 Å². The van der Waals surface area contributed by atoms with Crippen LogP contribution in [0, 0.1) is 5.41 Å². The van der Waals surface area contributed by atoms with Crippen molar-refractivity contribution in [1.29, 1.82) is 0 Å². The third kappa shape index (κ3) is 2.91. The van der Waals surface area contributed by atoms with Crippen molar-refractivity contribution in [2.45, 2.75) is 50.0 Å². The van der Waals surface area contributed by atoms with Gasteiger partial charge in [-0.2, -0.15) is 0 Å². The fraction of sp³-hybridized carbons (Fsp3) is 0.417. The summed E-state index contributed by atoms with van der Waals surface area (Å²) in [5, 5.41) is 12.7. The van der Waals surface area contributed by atoms with Crippen LogP contribution in [-0.4, -0.2) is 29.3 Å². The van der Waals surface area contributed by atoms with Gasteiger partial charge in [-0.15, -0.1) is 0 Å². The van der Waals surface area contributed by atoms with Crippen molar-refractivity contribution >= 4 is 12.1 Å². The molecule has 29 heavy (non-hydrogen) atoms. The van der Waals surface area contributed by atoms with E-state index in [1.54, 1.807) is 0 Å². The molecular weight excluding hydrogens is 366 g/mol. The lowest BCUT2D eigenvalue weighted by Crippen LogP contribution is -2.50. The first kappa shape index (κ1) is 18.2. The molecule has 0 saturated heterocycles. The number of hydrogen-bond acceptors (Lipinski definition) is 3. The predicted molar refractivity (Wildman–Crippen MR) is 109 cm³/mol. The first-order valence-corrected chi connectivity index (χ1v) is 10.4. The van der Waals surface area contributed by atoms with Gasteiger partial charge < -0.3 is 15.2 Å². The molecule has 3 aliphatic rings. The molecule has 2 atom stereocenters. The number of alkyl carbamates (subject to hydrolysis) is 1. The van der Waals surface area contributed by atoms with Crippen molar-refractivity contribution < 1.29 is 19.4 Å². The van der Waals surface area contributed by atoms with Crippen LogP contribution in [0.15, 0.2) is 48.5 Å².